The van der Waals surface area contributed by atoms with Gasteiger partial charge in [-0.1, -0.05) is 207 Å². The molecule has 0 aliphatic carbocycles. The minimum Gasteiger partial charge on any atom is -0.516 e. The Morgan fingerprint density at radius 3 is 1.19 bits per heavy atom. The second-order valence-corrected chi connectivity index (χ2v) is 25.3. The summed E-state index contributed by atoms with van der Waals surface area (Å²) in [5.74, 6) is -3.42. The van der Waals surface area contributed by atoms with Crippen LogP contribution < -0.4 is 16.0 Å². The van der Waals surface area contributed by atoms with Gasteiger partial charge in [-0.25, -0.2) is 0 Å². The number of amides is 3. The molecule has 0 radical (unpaired) electrons. The van der Waals surface area contributed by atoms with Crippen molar-refractivity contribution in [3.8, 4) is 0 Å². The molecule has 5 rings (SSSR count). The van der Waals surface area contributed by atoms with Crippen molar-refractivity contribution in [1.29, 1.82) is 0 Å². The molecule has 0 aliphatic heterocycles. The molecule has 3 N–H and O–H groups in total. The highest BCUT2D eigenvalue weighted by Crippen LogP contribution is 2.51. The SMILES string of the molecule is CC(C)[Si](OC(=O)[C@H](Cc1ccccc1)NC(=O)[C@@H](CC(=O)[C@H](Cc1ccccc1)NC(=O)[C@H](Cc1ccccc1)NC(=O)[C@@H](C)Cc1ccccc1)Cc1ccccc1)(C(C)C)C(C)(C)C. The van der Waals surface area contributed by atoms with Gasteiger partial charge in [0.05, 0.1) is 6.04 Å². The maximum Gasteiger partial charge on any atom is 0.315 e. The first-order valence-electron chi connectivity index (χ1n) is 23.8. The zero-order chi connectivity index (χ0) is 48.6. The topological polar surface area (TPSA) is 131 Å². The van der Waals surface area contributed by atoms with Crippen LogP contribution in [-0.2, 0) is 60.5 Å². The van der Waals surface area contributed by atoms with Gasteiger partial charge >= 0.3 is 5.97 Å². The Morgan fingerprint density at radius 1 is 0.448 bits per heavy atom. The Morgan fingerprint density at radius 2 is 0.791 bits per heavy atom. The van der Waals surface area contributed by atoms with Crippen LogP contribution in [0.5, 0.6) is 0 Å². The number of carbonyl (C=O) groups is 5. The summed E-state index contributed by atoms with van der Waals surface area (Å²) in [6.07, 6.45) is 1.04. The number of carbonyl (C=O) groups excluding carboxylic acids is 5. The second-order valence-electron chi connectivity index (χ2n) is 19.7. The minimum atomic E-state index is -2.82. The van der Waals surface area contributed by atoms with Crippen molar-refractivity contribution in [2.45, 2.75) is 128 Å². The molecule has 0 aromatic heterocycles. The highest BCUT2D eigenvalue weighted by molar-refractivity contribution is 6.80. The van der Waals surface area contributed by atoms with Crippen LogP contribution >= 0.6 is 0 Å². The number of rotatable bonds is 23. The van der Waals surface area contributed by atoms with E-state index >= 15 is 0 Å². The van der Waals surface area contributed by atoms with E-state index < -0.39 is 56.1 Å². The summed E-state index contributed by atoms with van der Waals surface area (Å²) in [4.78, 5) is 72.7. The van der Waals surface area contributed by atoms with E-state index in [2.05, 4.69) is 64.4 Å². The lowest BCUT2D eigenvalue weighted by Gasteiger charge is -2.47. The highest BCUT2D eigenvalue weighted by Gasteiger charge is 2.55. The first-order valence-corrected chi connectivity index (χ1v) is 25.9. The van der Waals surface area contributed by atoms with Gasteiger partial charge in [0, 0.05) is 31.1 Å². The van der Waals surface area contributed by atoms with E-state index in [0.717, 1.165) is 27.8 Å². The zero-order valence-electron chi connectivity index (χ0n) is 40.7. The third-order valence-corrected chi connectivity index (χ3v) is 19.2. The Hall–Kier alpha value is -6.13. The quantitative estimate of drug-likeness (QED) is 0.0560. The summed E-state index contributed by atoms with van der Waals surface area (Å²) in [7, 11) is -2.82. The average Bonchev–Trinajstić information content (AvgIpc) is 3.30. The number of Topliss-reactive ketones (excluding diaryl/α,β-unsaturated/α-hetero) is 1. The fourth-order valence-corrected chi connectivity index (χ4v) is 15.8. The van der Waals surface area contributed by atoms with Crippen LogP contribution in [-0.4, -0.2) is 55.9 Å². The monoisotopic (exact) mass is 922 g/mol. The van der Waals surface area contributed by atoms with Crippen LogP contribution in [0.3, 0.4) is 0 Å². The van der Waals surface area contributed by atoms with Gasteiger partial charge in [0.25, 0.3) is 8.32 Å². The summed E-state index contributed by atoms with van der Waals surface area (Å²) in [6.45, 7) is 16.7. The van der Waals surface area contributed by atoms with E-state index in [1.807, 2.05) is 159 Å². The van der Waals surface area contributed by atoms with Gasteiger partial charge < -0.3 is 20.4 Å². The maximum atomic E-state index is 14.9. The lowest BCUT2D eigenvalue weighted by Crippen LogP contribution is -2.57. The van der Waals surface area contributed by atoms with Crippen LogP contribution in [0.4, 0.5) is 0 Å². The lowest BCUT2D eigenvalue weighted by molar-refractivity contribution is -0.141. The van der Waals surface area contributed by atoms with Gasteiger partial charge in [-0.3, -0.25) is 24.0 Å². The van der Waals surface area contributed by atoms with Gasteiger partial charge in [0.2, 0.25) is 17.7 Å². The molecule has 5 aromatic rings. The molecule has 67 heavy (non-hydrogen) atoms. The summed E-state index contributed by atoms with van der Waals surface area (Å²) < 4.78 is 6.77. The fraction of sp³-hybridized carbons (Fsp3) is 0.386. The molecule has 5 aromatic carbocycles. The average molecular weight is 922 g/mol. The predicted molar refractivity (Wildman–Crippen MR) is 271 cm³/mol. The van der Waals surface area contributed by atoms with Crippen LogP contribution in [0.2, 0.25) is 16.1 Å². The molecule has 0 saturated heterocycles. The molecular formula is C57H71N3O6Si. The smallest absolute Gasteiger partial charge is 0.315 e. The highest BCUT2D eigenvalue weighted by atomic mass is 28.4. The van der Waals surface area contributed by atoms with E-state index in [-0.39, 0.29) is 59.9 Å². The Kier molecular flexibility index (Phi) is 19.0. The number of hydrogen-bond donors (Lipinski definition) is 3. The molecule has 0 heterocycles. The van der Waals surface area contributed by atoms with Gasteiger partial charge in [0.1, 0.15) is 12.1 Å². The van der Waals surface area contributed by atoms with Crippen molar-refractivity contribution in [3.63, 3.8) is 0 Å². The van der Waals surface area contributed by atoms with Crippen LogP contribution in [0, 0.1) is 11.8 Å². The van der Waals surface area contributed by atoms with E-state index in [9.17, 15) is 24.0 Å². The van der Waals surface area contributed by atoms with Crippen LogP contribution in [0.15, 0.2) is 152 Å². The summed E-state index contributed by atoms with van der Waals surface area (Å²) in [5, 5.41) is 8.84. The molecule has 0 bridgehead atoms. The van der Waals surface area contributed by atoms with Crippen LogP contribution in [0.1, 0.15) is 89.6 Å². The normalized spacial score (nSPS) is 14.0. The molecule has 0 fully saturated rings. The molecule has 0 spiro atoms. The van der Waals surface area contributed by atoms with Crippen molar-refractivity contribution in [2.75, 3.05) is 0 Å². The van der Waals surface area contributed by atoms with E-state index in [0.29, 0.717) is 6.42 Å². The van der Waals surface area contributed by atoms with Crippen molar-refractivity contribution in [2.24, 2.45) is 11.8 Å². The molecule has 0 aliphatic rings. The summed E-state index contributed by atoms with van der Waals surface area (Å²) in [5.41, 5.74) is 4.57. The van der Waals surface area contributed by atoms with Crippen molar-refractivity contribution in [1.82, 2.24) is 16.0 Å². The van der Waals surface area contributed by atoms with E-state index in [1.54, 1.807) is 0 Å². The third kappa shape index (κ3) is 14.9. The molecule has 0 saturated carbocycles. The van der Waals surface area contributed by atoms with Gasteiger partial charge in [-0.2, -0.15) is 0 Å². The lowest BCUT2D eigenvalue weighted by atomic mass is 9.89. The minimum absolute atomic E-state index is 0.100. The molecule has 0 unspecified atom stereocenters. The third-order valence-electron chi connectivity index (χ3n) is 12.9. The standard InChI is InChI=1S/C57H71N3O6Si/c1-40(2)67(41(3)4,57(6,7)8)66-56(65)51(38-47-32-22-13-23-33-47)60-54(63)48(35-44-26-16-10-17-27-44)39-52(61)49(36-45-28-18-11-19-29-45)58-55(64)50(37-46-30-20-12-21-31-46)59-53(62)42(5)34-43-24-14-9-15-25-43/h9-33,40-42,48-51H,34-39H2,1-8H3,(H,58,64)(H,59,62)(H,60,63)/t42-,48+,49-,50-,51-/m0/s1. The van der Waals surface area contributed by atoms with Crippen LogP contribution in [0.25, 0.3) is 0 Å². The molecule has 354 valence electrons. The Bertz CT molecular complexity index is 2330. The fourth-order valence-electron chi connectivity index (χ4n) is 9.70. The first kappa shape index (κ1) is 51.8. The van der Waals surface area contributed by atoms with Gasteiger partial charge in [0.15, 0.2) is 5.78 Å². The number of hydrogen-bond acceptors (Lipinski definition) is 6. The van der Waals surface area contributed by atoms with Crippen molar-refractivity contribution >= 4 is 37.8 Å². The second kappa shape index (κ2) is 24.6. The number of benzene rings is 5. The van der Waals surface area contributed by atoms with Gasteiger partial charge in [-0.15, -0.1) is 0 Å². The van der Waals surface area contributed by atoms with Gasteiger partial charge in [-0.05, 0) is 63.2 Å². The first-order chi connectivity index (χ1) is 32.0. The Balaban J connectivity index is 1.46. The van der Waals surface area contributed by atoms with E-state index in [4.69, 9.17) is 4.43 Å². The molecule has 10 heteroatoms. The maximum absolute atomic E-state index is 14.9. The molecular weight excluding hydrogens is 851 g/mol. The van der Waals surface area contributed by atoms with E-state index in [1.165, 1.54) is 0 Å². The molecule has 5 atom stereocenters. The Labute approximate surface area is 400 Å². The predicted octanol–water partition coefficient (Wildman–Crippen LogP) is 9.97. The summed E-state index contributed by atoms with van der Waals surface area (Å²) >= 11 is 0. The number of ketones is 1. The molecule has 9 nitrogen and oxygen atoms in total. The van der Waals surface area contributed by atoms with Crippen molar-refractivity contribution in [3.05, 3.63) is 179 Å². The zero-order valence-corrected chi connectivity index (χ0v) is 41.7. The number of nitrogens with one attached hydrogen (secondary N) is 3. The van der Waals surface area contributed by atoms with Crippen molar-refractivity contribution < 1.29 is 28.4 Å². The largest absolute Gasteiger partial charge is 0.516 e. The summed E-state index contributed by atoms with van der Waals surface area (Å²) in [6, 6.07) is 44.6. The molecule has 3 amide bonds.